The lowest BCUT2D eigenvalue weighted by molar-refractivity contribution is -0.157. The van der Waals surface area contributed by atoms with Crippen molar-refractivity contribution in [1.82, 2.24) is 5.32 Å². The van der Waals surface area contributed by atoms with Gasteiger partial charge >= 0.3 is 0 Å². The Morgan fingerprint density at radius 1 is 0.951 bits per heavy atom. The van der Waals surface area contributed by atoms with Gasteiger partial charge in [-0.15, -0.1) is 0 Å². The maximum absolute atomic E-state index is 11.8. The third kappa shape index (κ3) is 7.35. The lowest BCUT2D eigenvalue weighted by Crippen LogP contribution is -2.58. The van der Waals surface area contributed by atoms with Gasteiger partial charge in [0.05, 0.1) is 6.10 Å². The molecule has 4 rings (SSSR count). The summed E-state index contributed by atoms with van der Waals surface area (Å²) >= 11 is 0. The van der Waals surface area contributed by atoms with Crippen LogP contribution in [0.25, 0.3) is 10.4 Å². The molecule has 0 aromatic heterocycles. The van der Waals surface area contributed by atoms with Crippen molar-refractivity contribution in [2.45, 2.75) is 131 Å². The van der Waals surface area contributed by atoms with E-state index in [9.17, 15) is 5.11 Å². The number of aliphatic hydroxyl groups is 1. The Labute approximate surface area is 251 Å². The van der Waals surface area contributed by atoms with Crippen molar-refractivity contribution in [1.29, 1.82) is 0 Å². The molecule has 0 spiro atoms. The van der Waals surface area contributed by atoms with Crippen LogP contribution >= 0.6 is 0 Å². The van der Waals surface area contributed by atoms with Crippen LogP contribution in [0.4, 0.5) is 0 Å². The van der Waals surface area contributed by atoms with Crippen LogP contribution in [0.3, 0.4) is 0 Å². The molecule has 10 atom stereocenters. The van der Waals surface area contributed by atoms with E-state index in [0.29, 0.717) is 41.0 Å². The smallest absolute Gasteiger partial charge is 0.0577 e. The van der Waals surface area contributed by atoms with Crippen LogP contribution in [0.2, 0.25) is 0 Å². The molecule has 0 amide bonds. The Morgan fingerprint density at radius 3 is 2.46 bits per heavy atom. The highest BCUT2D eigenvalue weighted by Gasteiger charge is 2.62. The number of hydrogen-bond acceptors (Lipinski definition) is 4. The van der Waals surface area contributed by atoms with Gasteiger partial charge in [-0.05, 0) is 147 Å². The molecule has 41 heavy (non-hydrogen) atoms. The summed E-state index contributed by atoms with van der Waals surface area (Å²) in [6.45, 7) is 18.5. The Hall–Kier alpha value is -1.10. The largest absolute Gasteiger partial charge is 0.393 e. The topological polar surface area (TPSA) is 93.4 Å². The summed E-state index contributed by atoms with van der Waals surface area (Å²) in [5.74, 6) is 5.75. The number of unbranched alkanes of at least 4 members (excludes halogenated alkanes) is 1. The Kier molecular flexibility index (Phi) is 11.7. The predicted octanol–water partition coefficient (Wildman–Crippen LogP) is 8.84. The lowest BCUT2D eigenvalue weighted by Gasteiger charge is -2.62. The van der Waals surface area contributed by atoms with E-state index < -0.39 is 0 Å². The SMILES string of the molecule is CC(C)[C@H](C)CC[C@@H](C)[C@H]1CCC2C3C(O)C[C@H]4CC(=NCCCNCCCCN=[N+]=[N-])CC[C@]4(C)C3CC[C@@]21C. The van der Waals surface area contributed by atoms with Gasteiger partial charge in [0.15, 0.2) is 0 Å². The highest BCUT2D eigenvalue weighted by molar-refractivity contribution is 5.85. The minimum absolute atomic E-state index is 0.125. The molecule has 4 saturated carbocycles. The molecule has 4 fully saturated rings. The normalized spacial score (nSPS) is 39.1. The van der Waals surface area contributed by atoms with Crippen molar-refractivity contribution in [2.75, 3.05) is 26.2 Å². The fourth-order valence-corrected chi connectivity index (χ4v) is 10.3. The maximum atomic E-state index is 11.8. The lowest BCUT2D eigenvalue weighted by atomic mass is 9.43. The first kappa shape index (κ1) is 32.8. The number of fused-ring (bicyclic) bond motifs is 5. The molecule has 0 aromatic rings. The molecular formula is C35H63N5O. The number of nitrogens with one attached hydrogen (secondary N) is 1. The van der Waals surface area contributed by atoms with E-state index in [1.54, 1.807) is 0 Å². The van der Waals surface area contributed by atoms with Gasteiger partial charge in [-0.1, -0.05) is 59.5 Å². The molecule has 0 aliphatic heterocycles. The Morgan fingerprint density at radius 2 is 1.71 bits per heavy atom. The van der Waals surface area contributed by atoms with E-state index in [0.717, 1.165) is 81.8 Å². The number of aliphatic hydroxyl groups excluding tert-OH is 1. The van der Waals surface area contributed by atoms with Gasteiger partial charge in [-0.3, -0.25) is 4.99 Å². The Balaban J connectivity index is 1.29. The molecule has 0 saturated heterocycles. The first-order valence-corrected chi connectivity index (χ1v) is 17.5. The zero-order valence-corrected chi connectivity index (χ0v) is 27.5. The zero-order valence-electron chi connectivity index (χ0n) is 27.5. The molecule has 234 valence electrons. The van der Waals surface area contributed by atoms with Gasteiger partial charge in [0.2, 0.25) is 0 Å². The van der Waals surface area contributed by atoms with Crippen LogP contribution in [-0.4, -0.2) is 43.1 Å². The molecule has 6 heteroatoms. The van der Waals surface area contributed by atoms with Crippen LogP contribution in [0, 0.1) is 58.2 Å². The quantitative estimate of drug-likeness (QED) is 0.0946. The third-order valence-corrected chi connectivity index (χ3v) is 13.3. The molecule has 6 nitrogen and oxygen atoms in total. The van der Waals surface area contributed by atoms with Crippen molar-refractivity contribution in [3.05, 3.63) is 10.4 Å². The summed E-state index contributed by atoms with van der Waals surface area (Å²) in [4.78, 5) is 7.87. The van der Waals surface area contributed by atoms with E-state index in [1.807, 2.05) is 0 Å². The molecule has 4 aliphatic carbocycles. The van der Waals surface area contributed by atoms with Gasteiger partial charge in [-0.25, -0.2) is 0 Å². The molecule has 4 aliphatic rings. The summed E-state index contributed by atoms with van der Waals surface area (Å²) in [5, 5.41) is 18.9. The third-order valence-electron chi connectivity index (χ3n) is 13.3. The second-order valence-electron chi connectivity index (χ2n) is 15.7. The molecule has 2 N–H and O–H groups in total. The minimum Gasteiger partial charge on any atom is -0.393 e. The van der Waals surface area contributed by atoms with Crippen molar-refractivity contribution in [3.8, 4) is 0 Å². The van der Waals surface area contributed by atoms with E-state index in [1.165, 1.54) is 50.7 Å². The number of azide groups is 1. The molecule has 0 radical (unpaired) electrons. The van der Waals surface area contributed by atoms with Crippen LogP contribution in [0.1, 0.15) is 125 Å². The molecule has 4 unspecified atom stereocenters. The number of nitrogens with zero attached hydrogens (tertiary/aromatic N) is 4. The highest BCUT2D eigenvalue weighted by Crippen LogP contribution is 2.68. The van der Waals surface area contributed by atoms with Gasteiger partial charge in [-0.2, -0.15) is 0 Å². The number of rotatable bonds is 14. The Bertz CT molecular complexity index is 914. The van der Waals surface area contributed by atoms with Crippen molar-refractivity contribution in [2.24, 2.45) is 68.3 Å². The second kappa shape index (κ2) is 14.6. The van der Waals surface area contributed by atoms with Gasteiger partial charge in [0.1, 0.15) is 0 Å². The molecule has 0 aromatic carbocycles. The highest BCUT2D eigenvalue weighted by atomic mass is 16.3. The van der Waals surface area contributed by atoms with E-state index >= 15 is 0 Å². The summed E-state index contributed by atoms with van der Waals surface area (Å²) in [6, 6.07) is 0. The summed E-state index contributed by atoms with van der Waals surface area (Å²) < 4.78 is 0. The van der Waals surface area contributed by atoms with Gasteiger partial charge < -0.3 is 10.4 Å². The number of aliphatic imine (C=N–C) groups is 1. The standard InChI is InChI=1S/C35H63N5O/c1-24(2)25(3)10-11-26(4)29-12-13-30-33-31(15-17-35(29,30)6)34(5)16-14-28(22-27(34)23-32(33)41)38-20-9-19-37-18-7-8-21-39-40-36/h24-27,29-33,37,41H,7-23H2,1-6H3/t25-,26-,27-,29-,30?,31?,32?,33?,34+,35-/m1/s1. The zero-order chi connectivity index (χ0) is 29.6. The van der Waals surface area contributed by atoms with E-state index in [4.69, 9.17) is 10.5 Å². The van der Waals surface area contributed by atoms with Crippen molar-refractivity contribution >= 4 is 5.71 Å². The van der Waals surface area contributed by atoms with Crippen LogP contribution < -0.4 is 5.32 Å². The first-order valence-electron chi connectivity index (χ1n) is 17.5. The van der Waals surface area contributed by atoms with Crippen molar-refractivity contribution in [3.63, 3.8) is 0 Å². The first-order chi connectivity index (χ1) is 19.6. The summed E-state index contributed by atoms with van der Waals surface area (Å²) in [6.07, 6.45) is 15.7. The predicted molar refractivity (Wildman–Crippen MR) is 172 cm³/mol. The summed E-state index contributed by atoms with van der Waals surface area (Å²) in [5.41, 5.74) is 10.6. The van der Waals surface area contributed by atoms with Crippen LogP contribution in [0.15, 0.2) is 10.1 Å². The average molecular weight is 570 g/mol. The monoisotopic (exact) mass is 570 g/mol. The van der Waals surface area contributed by atoms with Crippen molar-refractivity contribution < 1.29 is 5.11 Å². The van der Waals surface area contributed by atoms with E-state index in [-0.39, 0.29) is 6.10 Å². The second-order valence-corrected chi connectivity index (χ2v) is 15.7. The minimum atomic E-state index is -0.125. The fraction of sp³-hybridized carbons (Fsp3) is 0.971. The van der Waals surface area contributed by atoms with Gasteiger partial charge in [0.25, 0.3) is 0 Å². The molecular weight excluding hydrogens is 506 g/mol. The summed E-state index contributed by atoms with van der Waals surface area (Å²) in [7, 11) is 0. The van der Waals surface area contributed by atoms with Gasteiger partial charge in [0, 0.05) is 23.7 Å². The molecule has 0 bridgehead atoms. The molecule has 0 heterocycles. The number of hydrogen-bond donors (Lipinski definition) is 2. The average Bonchev–Trinajstić information content (AvgIpc) is 3.30. The fourth-order valence-electron chi connectivity index (χ4n) is 10.3. The van der Waals surface area contributed by atoms with Crippen LogP contribution in [0.5, 0.6) is 0 Å². The van der Waals surface area contributed by atoms with Crippen LogP contribution in [-0.2, 0) is 0 Å². The van der Waals surface area contributed by atoms with E-state index in [2.05, 4.69) is 56.9 Å². The maximum Gasteiger partial charge on any atom is 0.0577 e.